The van der Waals surface area contributed by atoms with Gasteiger partial charge in [0.05, 0.1) is 0 Å². The van der Waals surface area contributed by atoms with Crippen molar-refractivity contribution in [3.8, 4) is 0 Å². The average Bonchev–Trinajstić information content (AvgIpc) is 2.72. The highest BCUT2D eigenvalue weighted by atomic mass is 14.5. The molecule has 0 aliphatic heterocycles. The topological polar surface area (TPSA) is 0 Å². The standard InChI is InChI=1S/C29H54/c1-22-17-19-27(20-18-22)29-24(3)23(2)21-28(25(29)4)16-12-15-26-13-10-8-6-5-7-9-11-14-26/h22-29H,5-21H2,1-4H3. The van der Waals surface area contributed by atoms with Gasteiger partial charge in [0.15, 0.2) is 0 Å². The van der Waals surface area contributed by atoms with Crippen LogP contribution >= 0.6 is 0 Å². The van der Waals surface area contributed by atoms with Crippen molar-refractivity contribution >= 4 is 0 Å². The third-order valence-electron chi connectivity index (χ3n) is 10.0. The van der Waals surface area contributed by atoms with E-state index in [1.807, 2.05) is 0 Å². The Morgan fingerprint density at radius 1 is 0.586 bits per heavy atom. The molecule has 3 saturated carbocycles. The van der Waals surface area contributed by atoms with Crippen molar-refractivity contribution in [1.29, 1.82) is 0 Å². The fourth-order valence-corrected chi connectivity index (χ4v) is 7.84. The summed E-state index contributed by atoms with van der Waals surface area (Å²) in [7, 11) is 0. The van der Waals surface area contributed by atoms with Gasteiger partial charge in [-0.15, -0.1) is 0 Å². The molecule has 170 valence electrons. The molecule has 0 N–H and O–H groups in total. The van der Waals surface area contributed by atoms with Gasteiger partial charge in [0, 0.05) is 0 Å². The molecular formula is C29H54. The van der Waals surface area contributed by atoms with Gasteiger partial charge in [0.25, 0.3) is 0 Å². The first-order chi connectivity index (χ1) is 14.1. The van der Waals surface area contributed by atoms with Crippen LogP contribution in [0.25, 0.3) is 0 Å². The molecule has 0 aromatic heterocycles. The maximum atomic E-state index is 2.67. The summed E-state index contributed by atoms with van der Waals surface area (Å²) in [5.74, 6) is 8.01. The minimum Gasteiger partial charge on any atom is -0.0625 e. The fraction of sp³-hybridized carbons (Fsp3) is 1.00. The van der Waals surface area contributed by atoms with Crippen molar-refractivity contribution in [2.24, 2.45) is 47.3 Å². The lowest BCUT2D eigenvalue weighted by molar-refractivity contribution is 0.00266. The largest absolute Gasteiger partial charge is 0.0625 e. The molecule has 0 aromatic rings. The van der Waals surface area contributed by atoms with E-state index in [9.17, 15) is 0 Å². The Morgan fingerprint density at radius 2 is 1.17 bits per heavy atom. The lowest BCUT2D eigenvalue weighted by atomic mass is 9.56. The van der Waals surface area contributed by atoms with Gasteiger partial charge in [-0.3, -0.25) is 0 Å². The maximum absolute atomic E-state index is 2.67. The molecule has 0 bridgehead atoms. The molecule has 5 atom stereocenters. The molecule has 0 heterocycles. The van der Waals surface area contributed by atoms with Crippen LogP contribution in [0.1, 0.15) is 137 Å². The smallest absolute Gasteiger partial charge is 0.0329 e. The first kappa shape index (κ1) is 23.7. The van der Waals surface area contributed by atoms with Gasteiger partial charge in [-0.1, -0.05) is 118 Å². The van der Waals surface area contributed by atoms with Gasteiger partial charge >= 0.3 is 0 Å². The van der Waals surface area contributed by atoms with Crippen LogP contribution in [0.5, 0.6) is 0 Å². The summed E-state index contributed by atoms with van der Waals surface area (Å²) in [4.78, 5) is 0. The zero-order chi connectivity index (χ0) is 20.6. The SMILES string of the molecule is CC1CCC(C2C(C)C(C)CC(CCCC3CCCCCCCCC3)C2C)CC1. The summed E-state index contributed by atoms with van der Waals surface area (Å²) in [6, 6.07) is 0. The van der Waals surface area contributed by atoms with Crippen molar-refractivity contribution in [2.45, 2.75) is 137 Å². The molecule has 0 saturated heterocycles. The lowest BCUT2D eigenvalue weighted by Gasteiger charge is -2.49. The average molecular weight is 403 g/mol. The van der Waals surface area contributed by atoms with Gasteiger partial charge in [0.2, 0.25) is 0 Å². The molecule has 3 aliphatic carbocycles. The van der Waals surface area contributed by atoms with Gasteiger partial charge < -0.3 is 0 Å². The lowest BCUT2D eigenvalue weighted by Crippen LogP contribution is -2.41. The molecule has 0 aromatic carbocycles. The molecule has 0 heteroatoms. The predicted octanol–water partition coefficient (Wildman–Crippen LogP) is 9.67. The Morgan fingerprint density at radius 3 is 1.79 bits per heavy atom. The zero-order valence-electron chi connectivity index (χ0n) is 20.6. The second kappa shape index (κ2) is 12.1. The van der Waals surface area contributed by atoms with Crippen molar-refractivity contribution in [3.05, 3.63) is 0 Å². The van der Waals surface area contributed by atoms with Crippen LogP contribution in [0.2, 0.25) is 0 Å². The highest BCUT2D eigenvalue weighted by Crippen LogP contribution is 2.50. The maximum Gasteiger partial charge on any atom is -0.0329 e. The van der Waals surface area contributed by atoms with E-state index in [0.29, 0.717) is 0 Å². The van der Waals surface area contributed by atoms with Crippen molar-refractivity contribution in [3.63, 3.8) is 0 Å². The monoisotopic (exact) mass is 402 g/mol. The molecule has 3 fully saturated rings. The molecule has 0 radical (unpaired) electrons. The molecule has 0 spiro atoms. The van der Waals surface area contributed by atoms with E-state index >= 15 is 0 Å². The Hall–Kier alpha value is 0. The van der Waals surface area contributed by atoms with Crippen LogP contribution in [0, 0.1) is 47.3 Å². The van der Waals surface area contributed by atoms with Crippen LogP contribution in [-0.2, 0) is 0 Å². The van der Waals surface area contributed by atoms with Crippen LogP contribution in [0.15, 0.2) is 0 Å². The Labute approximate surface area is 184 Å². The van der Waals surface area contributed by atoms with Crippen LogP contribution in [0.4, 0.5) is 0 Å². The minimum atomic E-state index is 0.953. The Bertz CT molecular complexity index is 421. The summed E-state index contributed by atoms with van der Waals surface area (Å²) in [5.41, 5.74) is 0. The Balaban J connectivity index is 1.48. The first-order valence-electron chi connectivity index (χ1n) is 14.1. The number of hydrogen-bond donors (Lipinski definition) is 0. The normalized spacial score (nSPS) is 41.2. The van der Waals surface area contributed by atoms with E-state index in [4.69, 9.17) is 0 Å². The van der Waals surface area contributed by atoms with Crippen molar-refractivity contribution in [2.75, 3.05) is 0 Å². The summed E-state index contributed by atoms with van der Waals surface area (Å²) in [5, 5.41) is 0. The van der Waals surface area contributed by atoms with E-state index in [2.05, 4.69) is 27.7 Å². The molecule has 0 amide bonds. The van der Waals surface area contributed by atoms with E-state index in [0.717, 1.165) is 47.3 Å². The Kier molecular flexibility index (Phi) is 9.91. The summed E-state index contributed by atoms with van der Waals surface area (Å²) in [6.07, 6.45) is 25.8. The molecule has 29 heavy (non-hydrogen) atoms. The fourth-order valence-electron chi connectivity index (χ4n) is 7.84. The second-order valence-electron chi connectivity index (χ2n) is 12.1. The summed E-state index contributed by atoms with van der Waals surface area (Å²) >= 11 is 0. The van der Waals surface area contributed by atoms with Crippen LogP contribution in [0.3, 0.4) is 0 Å². The summed E-state index contributed by atoms with van der Waals surface area (Å²) < 4.78 is 0. The van der Waals surface area contributed by atoms with E-state index in [1.165, 1.54) is 103 Å². The third-order valence-corrected chi connectivity index (χ3v) is 10.0. The molecule has 5 unspecified atom stereocenters. The molecule has 3 rings (SSSR count). The molecule has 3 aliphatic rings. The van der Waals surface area contributed by atoms with Crippen molar-refractivity contribution < 1.29 is 0 Å². The molecular weight excluding hydrogens is 348 g/mol. The second-order valence-corrected chi connectivity index (χ2v) is 12.1. The van der Waals surface area contributed by atoms with E-state index in [-0.39, 0.29) is 0 Å². The van der Waals surface area contributed by atoms with Crippen molar-refractivity contribution in [1.82, 2.24) is 0 Å². The van der Waals surface area contributed by atoms with Gasteiger partial charge in [-0.05, 0) is 66.6 Å². The number of hydrogen-bond acceptors (Lipinski definition) is 0. The van der Waals surface area contributed by atoms with E-state index in [1.54, 1.807) is 6.42 Å². The number of rotatable bonds is 5. The van der Waals surface area contributed by atoms with Gasteiger partial charge in [-0.25, -0.2) is 0 Å². The van der Waals surface area contributed by atoms with Crippen LogP contribution < -0.4 is 0 Å². The predicted molar refractivity (Wildman–Crippen MR) is 129 cm³/mol. The zero-order valence-corrected chi connectivity index (χ0v) is 20.6. The first-order valence-corrected chi connectivity index (χ1v) is 14.1. The highest BCUT2D eigenvalue weighted by Gasteiger charge is 2.42. The van der Waals surface area contributed by atoms with Gasteiger partial charge in [0.1, 0.15) is 0 Å². The van der Waals surface area contributed by atoms with Crippen LogP contribution in [-0.4, -0.2) is 0 Å². The molecule has 0 nitrogen and oxygen atoms in total. The van der Waals surface area contributed by atoms with E-state index < -0.39 is 0 Å². The minimum absolute atomic E-state index is 0.953. The highest BCUT2D eigenvalue weighted by molar-refractivity contribution is 4.91. The quantitative estimate of drug-likeness (QED) is 0.429. The third kappa shape index (κ3) is 7.00. The van der Waals surface area contributed by atoms with Gasteiger partial charge in [-0.2, -0.15) is 0 Å². The summed E-state index contributed by atoms with van der Waals surface area (Å²) in [6.45, 7) is 10.3.